The fourth-order valence-corrected chi connectivity index (χ4v) is 3.79. The molecule has 0 bridgehead atoms. The van der Waals surface area contributed by atoms with Crippen LogP contribution in [0.5, 0.6) is 5.75 Å². The van der Waals surface area contributed by atoms with Crippen LogP contribution in [0.2, 0.25) is 0 Å². The van der Waals surface area contributed by atoms with Crippen LogP contribution in [-0.4, -0.2) is 28.3 Å². The molecule has 2 aromatic carbocycles. The SMILES string of the molecule is CCCOc1ccc(C2=C(Nc3ccc(C(C)C)cc3)C(=O)N(Cc3ccccn3)C2=O)cc1. The summed E-state index contributed by atoms with van der Waals surface area (Å²) in [7, 11) is 0. The highest BCUT2D eigenvalue weighted by Crippen LogP contribution is 2.32. The van der Waals surface area contributed by atoms with Gasteiger partial charge in [0.25, 0.3) is 11.8 Å². The number of nitrogens with one attached hydrogen (secondary N) is 1. The third-order valence-corrected chi connectivity index (χ3v) is 5.68. The number of rotatable bonds is 9. The van der Waals surface area contributed by atoms with Gasteiger partial charge in [0.1, 0.15) is 11.4 Å². The average Bonchev–Trinajstić information content (AvgIpc) is 3.08. The second kappa shape index (κ2) is 10.3. The van der Waals surface area contributed by atoms with Crippen LogP contribution in [0.15, 0.2) is 78.6 Å². The average molecular weight is 456 g/mol. The van der Waals surface area contributed by atoms with Crippen molar-refractivity contribution in [2.45, 2.75) is 39.7 Å². The molecule has 34 heavy (non-hydrogen) atoms. The van der Waals surface area contributed by atoms with Gasteiger partial charge in [-0.15, -0.1) is 0 Å². The van der Waals surface area contributed by atoms with Gasteiger partial charge >= 0.3 is 0 Å². The zero-order valence-electron chi connectivity index (χ0n) is 19.7. The Kier molecular flexibility index (Phi) is 7.07. The fraction of sp³-hybridized carbons (Fsp3) is 0.250. The molecule has 4 rings (SSSR count). The molecule has 1 N–H and O–H groups in total. The maximum absolute atomic E-state index is 13.5. The van der Waals surface area contributed by atoms with Gasteiger partial charge in [-0.05, 0) is 59.9 Å². The highest BCUT2D eigenvalue weighted by atomic mass is 16.5. The lowest BCUT2D eigenvalue weighted by Crippen LogP contribution is -2.32. The smallest absolute Gasteiger partial charge is 0.278 e. The normalized spacial score (nSPS) is 13.7. The number of carbonyl (C=O) groups is 2. The number of ether oxygens (including phenoxy) is 1. The molecule has 2 heterocycles. The lowest BCUT2D eigenvalue weighted by atomic mass is 10.0. The van der Waals surface area contributed by atoms with E-state index in [0.29, 0.717) is 29.4 Å². The summed E-state index contributed by atoms with van der Waals surface area (Å²) in [5.41, 5.74) is 3.87. The van der Waals surface area contributed by atoms with E-state index in [1.807, 2.05) is 61.5 Å². The minimum Gasteiger partial charge on any atom is -0.494 e. The number of hydrogen-bond acceptors (Lipinski definition) is 5. The Morgan fingerprint density at radius 3 is 2.29 bits per heavy atom. The van der Waals surface area contributed by atoms with Crippen LogP contribution in [-0.2, 0) is 16.1 Å². The first-order valence-corrected chi connectivity index (χ1v) is 11.6. The molecule has 6 heteroatoms. The first kappa shape index (κ1) is 23.2. The van der Waals surface area contributed by atoms with E-state index in [1.54, 1.807) is 18.3 Å². The second-order valence-corrected chi connectivity index (χ2v) is 8.54. The van der Waals surface area contributed by atoms with E-state index in [4.69, 9.17) is 4.74 Å². The van der Waals surface area contributed by atoms with Crippen LogP contribution >= 0.6 is 0 Å². The molecule has 0 spiro atoms. The van der Waals surface area contributed by atoms with Crippen LogP contribution in [0, 0.1) is 0 Å². The summed E-state index contributed by atoms with van der Waals surface area (Å²) in [6.45, 7) is 7.04. The lowest BCUT2D eigenvalue weighted by molar-refractivity contribution is -0.137. The van der Waals surface area contributed by atoms with E-state index in [2.05, 4.69) is 24.1 Å². The molecular weight excluding hydrogens is 426 g/mol. The summed E-state index contributed by atoms with van der Waals surface area (Å²) in [6.07, 6.45) is 2.56. The Balaban J connectivity index is 1.68. The van der Waals surface area contributed by atoms with E-state index in [9.17, 15) is 9.59 Å². The largest absolute Gasteiger partial charge is 0.494 e. The molecule has 0 radical (unpaired) electrons. The first-order valence-electron chi connectivity index (χ1n) is 11.6. The first-order chi connectivity index (χ1) is 16.5. The van der Waals surface area contributed by atoms with Gasteiger partial charge in [0.05, 0.1) is 24.4 Å². The van der Waals surface area contributed by atoms with Crippen molar-refractivity contribution in [1.82, 2.24) is 9.88 Å². The van der Waals surface area contributed by atoms with Crippen molar-refractivity contribution >= 4 is 23.1 Å². The molecule has 0 unspecified atom stereocenters. The molecular formula is C28H29N3O3. The molecule has 0 aliphatic carbocycles. The van der Waals surface area contributed by atoms with Crippen LogP contribution in [0.3, 0.4) is 0 Å². The summed E-state index contributed by atoms with van der Waals surface area (Å²) < 4.78 is 5.67. The molecule has 1 aliphatic rings. The van der Waals surface area contributed by atoms with Crippen molar-refractivity contribution in [3.8, 4) is 5.75 Å². The molecule has 1 aliphatic heterocycles. The molecule has 2 amide bonds. The van der Waals surface area contributed by atoms with Gasteiger partial charge in [-0.1, -0.05) is 51.1 Å². The van der Waals surface area contributed by atoms with Crippen molar-refractivity contribution in [2.75, 3.05) is 11.9 Å². The highest BCUT2D eigenvalue weighted by molar-refractivity contribution is 6.36. The number of anilines is 1. The van der Waals surface area contributed by atoms with Gasteiger partial charge in [0.2, 0.25) is 0 Å². The Bertz CT molecular complexity index is 1180. The third kappa shape index (κ3) is 5.01. The number of aromatic nitrogens is 1. The van der Waals surface area contributed by atoms with E-state index in [0.717, 1.165) is 17.9 Å². The van der Waals surface area contributed by atoms with Gasteiger partial charge in [-0.2, -0.15) is 0 Å². The van der Waals surface area contributed by atoms with Gasteiger partial charge in [0.15, 0.2) is 0 Å². The predicted octanol–water partition coefficient (Wildman–Crippen LogP) is 5.39. The van der Waals surface area contributed by atoms with E-state index in [1.165, 1.54) is 10.5 Å². The standard InChI is InChI=1S/C28H29N3O3/c1-4-17-34-24-14-10-21(11-15-24)25-26(30-22-12-8-20(9-13-22)19(2)3)28(33)31(27(25)32)18-23-7-5-6-16-29-23/h5-16,19,30H,4,17-18H2,1-3H3. The number of benzene rings is 2. The zero-order chi connectivity index (χ0) is 24.1. The molecule has 174 valence electrons. The summed E-state index contributed by atoms with van der Waals surface area (Å²) in [5, 5.41) is 3.22. The van der Waals surface area contributed by atoms with Crippen molar-refractivity contribution in [2.24, 2.45) is 0 Å². The van der Waals surface area contributed by atoms with E-state index < -0.39 is 0 Å². The molecule has 0 fully saturated rings. The zero-order valence-corrected chi connectivity index (χ0v) is 19.7. The topological polar surface area (TPSA) is 71.5 Å². The maximum atomic E-state index is 13.5. The Hall–Kier alpha value is -3.93. The molecule has 0 saturated carbocycles. The van der Waals surface area contributed by atoms with Crippen LogP contribution in [0.1, 0.15) is 49.9 Å². The van der Waals surface area contributed by atoms with Crippen molar-refractivity contribution in [1.29, 1.82) is 0 Å². The summed E-state index contributed by atoms with van der Waals surface area (Å²) >= 11 is 0. The molecule has 0 saturated heterocycles. The predicted molar refractivity (Wildman–Crippen MR) is 133 cm³/mol. The molecule has 6 nitrogen and oxygen atoms in total. The maximum Gasteiger partial charge on any atom is 0.278 e. The molecule has 0 atom stereocenters. The monoisotopic (exact) mass is 455 g/mol. The van der Waals surface area contributed by atoms with E-state index in [-0.39, 0.29) is 24.1 Å². The van der Waals surface area contributed by atoms with Gasteiger partial charge < -0.3 is 10.1 Å². The Labute approximate surface area is 200 Å². The number of nitrogens with zero attached hydrogens (tertiary/aromatic N) is 2. The van der Waals surface area contributed by atoms with Crippen molar-refractivity contribution in [3.05, 3.63) is 95.4 Å². The highest BCUT2D eigenvalue weighted by Gasteiger charge is 2.39. The number of amides is 2. The van der Waals surface area contributed by atoms with Crippen molar-refractivity contribution < 1.29 is 14.3 Å². The van der Waals surface area contributed by atoms with Crippen LogP contribution in [0.4, 0.5) is 5.69 Å². The number of pyridine rings is 1. The lowest BCUT2D eigenvalue weighted by Gasteiger charge is -2.15. The fourth-order valence-electron chi connectivity index (χ4n) is 3.79. The number of hydrogen-bond donors (Lipinski definition) is 1. The Morgan fingerprint density at radius 2 is 1.68 bits per heavy atom. The molecule has 3 aromatic rings. The minimum absolute atomic E-state index is 0.108. The third-order valence-electron chi connectivity index (χ3n) is 5.68. The summed E-state index contributed by atoms with van der Waals surface area (Å²) in [5.74, 6) is 0.414. The van der Waals surface area contributed by atoms with Gasteiger partial charge in [-0.25, -0.2) is 0 Å². The number of carbonyl (C=O) groups excluding carboxylic acids is 2. The summed E-state index contributed by atoms with van der Waals surface area (Å²) in [4.78, 5) is 32.4. The van der Waals surface area contributed by atoms with E-state index >= 15 is 0 Å². The second-order valence-electron chi connectivity index (χ2n) is 8.54. The van der Waals surface area contributed by atoms with Gasteiger partial charge in [-0.3, -0.25) is 19.5 Å². The Morgan fingerprint density at radius 1 is 0.941 bits per heavy atom. The van der Waals surface area contributed by atoms with Crippen LogP contribution < -0.4 is 10.1 Å². The molecule has 1 aromatic heterocycles. The summed E-state index contributed by atoms with van der Waals surface area (Å²) in [6, 6.07) is 20.7. The number of imide groups is 1. The van der Waals surface area contributed by atoms with Crippen molar-refractivity contribution in [3.63, 3.8) is 0 Å². The van der Waals surface area contributed by atoms with Gasteiger partial charge in [0, 0.05) is 11.9 Å². The quantitative estimate of drug-likeness (QED) is 0.438. The minimum atomic E-state index is -0.370. The van der Waals surface area contributed by atoms with Crippen LogP contribution in [0.25, 0.3) is 5.57 Å².